The van der Waals surface area contributed by atoms with Gasteiger partial charge in [0.1, 0.15) is 55.2 Å². The molecule has 6 aliphatic heterocycles. The Balaban J connectivity index is 0.0000000873. The lowest BCUT2D eigenvalue weighted by Crippen LogP contribution is -2.33. The molecule has 0 bridgehead atoms. The minimum atomic E-state index is -2.49. The average Bonchev–Trinajstić information content (AvgIpc) is 1.53. The molecule has 0 fully saturated rings. The molecular weight excluding hydrogens is 1370 g/mol. The molecular formula is C84H67N22OS+5. The Bertz CT molecular complexity index is 7390. The Morgan fingerprint density at radius 1 is 0.407 bits per heavy atom. The van der Waals surface area contributed by atoms with Crippen LogP contribution in [-0.4, -0.2) is 92.1 Å². The highest BCUT2D eigenvalue weighted by atomic mass is 32.1. The number of aromatic nitrogens is 21. The SMILES string of the molecule is CC1C2=[N+](Cc3ncccc32)c2c1c1ccncc1n2-c1ccccc1.Cn1c2[n+](c3c1c1ccncc1n3C)Cc1ncccc1-2.Cn1c2[n+](c3oc4cnccc4c31)Cc1ncccc1-2.Cn1c2[n+](c3sc4cnccc4c31)Cc1ncccc1-2.[2H]C([2H])([2H])n1c2[n+](c3c1c1ccncc1n3C([2H])([2H])[2H])Cc1ncccc1-2. The van der Waals surface area contributed by atoms with Crippen LogP contribution in [-0.2, 0) is 74.9 Å². The molecule has 0 saturated heterocycles. The van der Waals surface area contributed by atoms with Crippen molar-refractivity contribution in [3.8, 4) is 51.2 Å². The molecule has 19 aromatic heterocycles. The summed E-state index contributed by atoms with van der Waals surface area (Å²) in [5.74, 6) is 5.69. The number of imidazole rings is 4. The second-order valence-corrected chi connectivity index (χ2v) is 28.9. The normalized spacial score (nSPS) is 15.2. The van der Waals surface area contributed by atoms with Gasteiger partial charge in [-0.05, 0) is 103 Å². The van der Waals surface area contributed by atoms with Crippen molar-refractivity contribution in [3.05, 3.63) is 254 Å². The Hall–Kier alpha value is -13.6. The molecule has 0 amide bonds. The van der Waals surface area contributed by atoms with Gasteiger partial charge in [0.25, 0.3) is 28.8 Å². The number of para-hydroxylation sites is 1. The second kappa shape index (κ2) is 23.2. The van der Waals surface area contributed by atoms with Crippen molar-refractivity contribution in [2.45, 2.75) is 45.6 Å². The average molecular weight is 1440 g/mol. The van der Waals surface area contributed by atoms with Crippen molar-refractivity contribution in [2.24, 2.45) is 42.1 Å². The zero-order chi connectivity index (χ0) is 77.1. The molecule has 0 N–H and O–H groups in total. The zero-order valence-electron chi connectivity index (χ0n) is 65.0. The summed E-state index contributed by atoms with van der Waals surface area (Å²) < 4.78 is 80.6. The number of aryl methyl sites for hydroxylation is 6. The van der Waals surface area contributed by atoms with Crippen molar-refractivity contribution < 1.29 is 35.5 Å². The summed E-state index contributed by atoms with van der Waals surface area (Å²) in [6.07, 6.45) is 27.2. The summed E-state index contributed by atoms with van der Waals surface area (Å²) in [4.78, 5) is 44.8. The van der Waals surface area contributed by atoms with Crippen LogP contribution in [0.2, 0.25) is 0 Å². The van der Waals surface area contributed by atoms with E-state index in [1.165, 1.54) is 132 Å². The Morgan fingerprint density at radius 2 is 0.870 bits per heavy atom. The van der Waals surface area contributed by atoms with Gasteiger partial charge in [-0.15, -0.1) is 0 Å². The molecule has 20 aromatic rings. The Morgan fingerprint density at radius 3 is 1.49 bits per heavy atom. The van der Waals surface area contributed by atoms with E-state index in [4.69, 9.17) is 12.6 Å². The van der Waals surface area contributed by atoms with Gasteiger partial charge in [-0.25, -0.2) is 27.4 Å². The topological polar surface area (TPSA) is 195 Å². The zero-order valence-corrected chi connectivity index (χ0v) is 59.8. The van der Waals surface area contributed by atoms with E-state index in [0.717, 1.165) is 76.8 Å². The van der Waals surface area contributed by atoms with Gasteiger partial charge in [-0.3, -0.25) is 68.1 Å². The van der Waals surface area contributed by atoms with Crippen LogP contribution < -0.4 is 18.3 Å². The van der Waals surface area contributed by atoms with Gasteiger partial charge >= 0.3 is 5.71 Å². The van der Waals surface area contributed by atoms with E-state index >= 15 is 0 Å². The maximum atomic E-state index is 8.12. The molecule has 26 rings (SSSR count). The van der Waals surface area contributed by atoms with E-state index in [1.54, 1.807) is 35.3 Å². The fraction of sp³-hybridized carbons (Fsp3) is 0.155. The van der Waals surface area contributed by atoms with Crippen LogP contribution in [0.5, 0.6) is 0 Å². The van der Waals surface area contributed by atoms with Gasteiger partial charge in [0, 0.05) is 84.5 Å². The summed E-state index contributed by atoms with van der Waals surface area (Å²) in [5, 5.41) is 5.47. The molecule has 108 heavy (non-hydrogen) atoms. The molecule has 0 aliphatic carbocycles. The summed E-state index contributed by atoms with van der Waals surface area (Å²) in [7, 11) is 8.46. The number of nitrogens with zero attached hydrogens (tertiary/aromatic N) is 22. The van der Waals surface area contributed by atoms with Crippen molar-refractivity contribution >= 4 is 121 Å². The molecule has 520 valence electrons. The van der Waals surface area contributed by atoms with Gasteiger partial charge in [-0.1, -0.05) is 36.5 Å². The van der Waals surface area contributed by atoms with Crippen LogP contribution in [0.25, 0.3) is 149 Å². The third-order valence-corrected chi connectivity index (χ3v) is 23.6. The fourth-order valence-electron chi connectivity index (χ4n) is 18.0. The molecule has 0 saturated carbocycles. The van der Waals surface area contributed by atoms with Gasteiger partial charge in [0.15, 0.2) is 27.6 Å². The minimum Gasteiger partial charge on any atom is -0.417 e. The van der Waals surface area contributed by atoms with Gasteiger partial charge in [0.05, 0.1) is 158 Å². The first-order valence-electron chi connectivity index (χ1n) is 38.6. The number of hydrogen-bond donors (Lipinski definition) is 0. The van der Waals surface area contributed by atoms with Crippen molar-refractivity contribution in [1.29, 1.82) is 0 Å². The summed E-state index contributed by atoms with van der Waals surface area (Å²) in [5.41, 5.74) is 24.9. The van der Waals surface area contributed by atoms with Crippen LogP contribution in [0.15, 0.2) is 219 Å². The predicted molar refractivity (Wildman–Crippen MR) is 413 cm³/mol. The van der Waals surface area contributed by atoms with Crippen molar-refractivity contribution in [2.75, 3.05) is 0 Å². The molecule has 1 aromatic carbocycles. The third kappa shape index (κ3) is 8.55. The lowest BCUT2D eigenvalue weighted by atomic mass is 9.93. The number of thiophene rings is 1. The highest BCUT2D eigenvalue weighted by Crippen LogP contribution is 2.49. The van der Waals surface area contributed by atoms with E-state index in [0.29, 0.717) is 51.6 Å². The van der Waals surface area contributed by atoms with E-state index in [9.17, 15) is 0 Å². The Kier molecular flexibility index (Phi) is 12.0. The molecule has 6 aliphatic rings. The van der Waals surface area contributed by atoms with E-state index in [1.807, 2.05) is 110 Å². The first-order valence-corrected chi connectivity index (χ1v) is 36.4. The maximum Gasteiger partial charge on any atom is 0.339 e. The van der Waals surface area contributed by atoms with Crippen LogP contribution in [0, 0.1) is 0 Å². The molecule has 23 nitrogen and oxygen atoms in total. The number of rotatable bonds is 1. The summed E-state index contributed by atoms with van der Waals surface area (Å²) >= 11 is 1.81. The summed E-state index contributed by atoms with van der Waals surface area (Å²) in [6, 6.07) is 40.8. The van der Waals surface area contributed by atoms with Crippen molar-refractivity contribution in [1.82, 2.24) is 81.8 Å². The molecule has 1 unspecified atom stereocenters. The monoisotopic (exact) mass is 1440 g/mol. The molecule has 0 spiro atoms. The third-order valence-electron chi connectivity index (χ3n) is 22.4. The first-order chi connectivity index (χ1) is 55.5. The fourth-order valence-corrected chi connectivity index (χ4v) is 19.2. The lowest BCUT2D eigenvalue weighted by molar-refractivity contribution is -0.652. The van der Waals surface area contributed by atoms with Crippen LogP contribution in [0.4, 0.5) is 5.82 Å². The standard InChI is InChI=1S/C22H17N4.2C16H14N5.C15H11N4O.C15H11N4S/c1-14-20-17-9-11-23-12-19(17)26(15-6-3-2-4-7-15)22(20)25-13-18-16(21(14)25)8-5-10-24-18;2*1-19-13-8-17-7-5-11(13)14-16(19)21-9-12-10(4-3-6-18-12)15(21)20(14)2;2*1-18-13-10-4-6-16-7-12(10)20-15(13)19-8-11-9(14(18)19)3-2-5-17-11/h2-12,14H,13H2,1H3;2*3-8H,9H2,1-2H3;2*2-7H,8H2,1H3/q5*+1/i;1D3,2D3;;;. The Labute approximate surface area is 627 Å². The molecule has 25 heterocycles. The van der Waals surface area contributed by atoms with E-state index in [2.05, 4.69) is 199 Å². The smallest absolute Gasteiger partial charge is 0.339 e. The number of pyridine rings is 10. The van der Waals surface area contributed by atoms with E-state index in [-0.39, 0.29) is 0 Å². The first kappa shape index (κ1) is 55.9. The van der Waals surface area contributed by atoms with Gasteiger partial charge in [-0.2, -0.15) is 9.13 Å². The van der Waals surface area contributed by atoms with Crippen LogP contribution in [0.3, 0.4) is 0 Å². The quantitative estimate of drug-likeness (QED) is 0.142. The maximum absolute atomic E-state index is 8.12. The second-order valence-electron chi connectivity index (χ2n) is 27.9. The van der Waals surface area contributed by atoms with Crippen molar-refractivity contribution in [3.63, 3.8) is 0 Å². The summed E-state index contributed by atoms with van der Waals surface area (Å²) in [6.45, 7) is 0.926. The number of hydrogen-bond acceptors (Lipinski definition) is 12. The molecule has 1 atom stereocenters. The van der Waals surface area contributed by atoms with Crippen LogP contribution in [0.1, 0.15) is 60.7 Å². The molecule has 0 radical (unpaired) electrons. The highest BCUT2D eigenvalue weighted by Gasteiger charge is 2.47. The number of fused-ring (bicyclic) bond motifs is 34. The van der Waals surface area contributed by atoms with Gasteiger partial charge in [0.2, 0.25) is 22.0 Å². The highest BCUT2D eigenvalue weighted by molar-refractivity contribution is 7.25. The lowest BCUT2D eigenvalue weighted by Gasteiger charge is -2.05. The predicted octanol–water partition coefficient (Wildman–Crippen LogP) is 12.3. The number of furan rings is 1. The minimum absolute atomic E-state index is 0.310. The van der Waals surface area contributed by atoms with E-state index < -0.39 is 14.0 Å². The van der Waals surface area contributed by atoms with Crippen LogP contribution >= 0.6 is 11.3 Å². The number of benzene rings is 1. The van der Waals surface area contributed by atoms with Gasteiger partial charge < -0.3 is 4.42 Å². The molecule has 24 heteroatoms. The largest absolute Gasteiger partial charge is 0.417 e.